The Morgan fingerprint density at radius 3 is 2.48 bits per heavy atom. The number of esters is 1. The van der Waals surface area contributed by atoms with Gasteiger partial charge in [-0.1, -0.05) is 22.8 Å². The molecule has 0 fully saturated rings. The molecule has 1 aromatic heterocycles. The third-order valence-corrected chi connectivity index (χ3v) is 3.85. The van der Waals surface area contributed by atoms with Crippen LogP contribution < -0.4 is 9.47 Å². The Kier molecular flexibility index (Phi) is 4.72. The van der Waals surface area contributed by atoms with Gasteiger partial charge in [0.15, 0.2) is 0 Å². The molecule has 0 radical (unpaired) electrons. The van der Waals surface area contributed by atoms with Gasteiger partial charge in [-0.3, -0.25) is 0 Å². The Balaban J connectivity index is 1.97. The molecule has 7 heteroatoms. The van der Waals surface area contributed by atoms with Crippen LogP contribution in [0.4, 0.5) is 4.39 Å². The Labute approximate surface area is 147 Å². The average molecular weight is 362 g/mol. The maximum Gasteiger partial charge on any atom is 0.349 e. The summed E-state index contributed by atoms with van der Waals surface area (Å²) in [5.41, 5.74) is 0.00428. The number of benzene rings is 2. The molecule has 0 unspecified atom stereocenters. The van der Waals surface area contributed by atoms with E-state index < -0.39 is 11.8 Å². The number of hydrogen-bond donors (Lipinski definition) is 0. The zero-order chi connectivity index (χ0) is 18.0. The first kappa shape index (κ1) is 17.0. The molecule has 5 nitrogen and oxygen atoms in total. The minimum atomic E-state index is -0.724. The number of ether oxygens (including phenoxy) is 2. The van der Waals surface area contributed by atoms with E-state index in [1.165, 1.54) is 32.2 Å². The first-order valence-corrected chi connectivity index (χ1v) is 7.66. The van der Waals surface area contributed by atoms with Crippen molar-refractivity contribution in [2.75, 3.05) is 7.11 Å². The zero-order valence-corrected chi connectivity index (χ0v) is 14.1. The number of methoxy groups -OCH3 is 1. The molecule has 0 N–H and O–H groups in total. The van der Waals surface area contributed by atoms with E-state index in [4.69, 9.17) is 25.6 Å². The largest absolute Gasteiger partial charge is 0.497 e. The van der Waals surface area contributed by atoms with Crippen LogP contribution in [0.1, 0.15) is 16.1 Å². The molecule has 0 saturated carbocycles. The van der Waals surface area contributed by atoms with Gasteiger partial charge in [0.2, 0.25) is 0 Å². The minimum Gasteiger partial charge on any atom is -0.497 e. The van der Waals surface area contributed by atoms with E-state index in [0.29, 0.717) is 11.5 Å². The summed E-state index contributed by atoms with van der Waals surface area (Å²) < 4.78 is 29.6. The molecule has 1 heterocycles. The lowest BCUT2D eigenvalue weighted by Crippen LogP contribution is -2.10. The lowest BCUT2D eigenvalue weighted by Gasteiger charge is -2.07. The van der Waals surface area contributed by atoms with E-state index >= 15 is 0 Å². The molecule has 3 aromatic rings. The van der Waals surface area contributed by atoms with Crippen molar-refractivity contribution in [1.29, 1.82) is 0 Å². The number of carbonyl (C=O) groups excluding carboxylic acids is 1. The molecular formula is C18H13ClFNO4. The first-order chi connectivity index (χ1) is 12.0. The summed E-state index contributed by atoms with van der Waals surface area (Å²) in [6.45, 7) is 1.54. The number of aryl methyl sites for hydroxylation is 1. The van der Waals surface area contributed by atoms with Crippen LogP contribution in [0.3, 0.4) is 0 Å². The van der Waals surface area contributed by atoms with Crippen molar-refractivity contribution in [3.63, 3.8) is 0 Å². The minimum absolute atomic E-state index is 0.000823. The molecule has 0 amide bonds. The van der Waals surface area contributed by atoms with Crippen LogP contribution >= 0.6 is 11.6 Å². The fourth-order valence-corrected chi connectivity index (χ4v) is 2.56. The number of aromatic nitrogens is 1. The van der Waals surface area contributed by atoms with Crippen LogP contribution in [0.5, 0.6) is 11.5 Å². The highest BCUT2D eigenvalue weighted by molar-refractivity contribution is 6.33. The standard InChI is InChI=1S/C18H13ClFNO4/c1-10-15(18(22)24-12-8-6-11(23-2)7-9-12)17(21-25-10)16-13(19)4-3-5-14(16)20/h3-9H,1-2H3. The molecule has 2 aromatic carbocycles. The highest BCUT2D eigenvalue weighted by Gasteiger charge is 2.26. The van der Waals surface area contributed by atoms with Gasteiger partial charge in [0.05, 0.1) is 17.7 Å². The SMILES string of the molecule is COc1ccc(OC(=O)c2c(-c3c(F)cccc3Cl)noc2C)cc1. The smallest absolute Gasteiger partial charge is 0.349 e. The van der Waals surface area contributed by atoms with Crippen LogP contribution in [0.2, 0.25) is 5.02 Å². The normalized spacial score (nSPS) is 10.6. The molecule has 0 aliphatic rings. The van der Waals surface area contributed by atoms with Gasteiger partial charge in [0.25, 0.3) is 0 Å². The van der Waals surface area contributed by atoms with Gasteiger partial charge in [-0.25, -0.2) is 9.18 Å². The average Bonchev–Trinajstić information content (AvgIpc) is 2.97. The number of halogens is 2. The van der Waals surface area contributed by atoms with Crippen LogP contribution in [0.15, 0.2) is 47.0 Å². The molecule has 0 atom stereocenters. The summed E-state index contributed by atoms with van der Waals surface area (Å²) in [6, 6.07) is 10.6. The van der Waals surface area contributed by atoms with Crippen LogP contribution in [0, 0.1) is 12.7 Å². The zero-order valence-electron chi connectivity index (χ0n) is 13.4. The third kappa shape index (κ3) is 3.34. The second kappa shape index (κ2) is 6.94. The topological polar surface area (TPSA) is 61.6 Å². The fraction of sp³-hybridized carbons (Fsp3) is 0.111. The van der Waals surface area contributed by atoms with Gasteiger partial charge in [-0.2, -0.15) is 0 Å². The van der Waals surface area contributed by atoms with Crippen molar-refractivity contribution in [2.24, 2.45) is 0 Å². The van der Waals surface area contributed by atoms with Crippen molar-refractivity contribution in [3.05, 3.63) is 64.6 Å². The predicted molar refractivity (Wildman–Crippen MR) is 89.6 cm³/mol. The Morgan fingerprint density at radius 1 is 1.16 bits per heavy atom. The summed E-state index contributed by atoms with van der Waals surface area (Å²) in [6.07, 6.45) is 0. The molecule has 0 spiro atoms. The van der Waals surface area contributed by atoms with Crippen LogP contribution in [-0.2, 0) is 0 Å². The molecule has 3 rings (SSSR count). The van der Waals surface area contributed by atoms with E-state index in [1.54, 1.807) is 24.3 Å². The van der Waals surface area contributed by atoms with Gasteiger partial charge < -0.3 is 14.0 Å². The Hall–Kier alpha value is -2.86. The number of carbonyl (C=O) groups is 1. The summed E-state index contributed by atoms with van der Waals surface area (Å²) >= 11 is 6.06. The molecule has 0 saturated heterocycles. The second-order valence-electron chi connectivity index (χ2n) is 5.12. The molecule has 128 valence electrons. The van der Waals surface area contributed by atoms with E-state index in [9.17, 15) is 9.18 Å². The van der Waals surface area contributed by atoms with Crippen molar-refractivity contribution < 1.29 is 23.2 Å². The maximum absolute atomic E-state index is 14.2. The quantitative estimate of drug-likeness (QED) is 0.499. The monoisotopic (exact) mass is 361 g/mol. The third-order valence-electron chi connectivity index (χ3n) is 3.54. The predicted octanol–water partition coefficient (Wildman–Crippen LogP) is 4.67. The summed E-state index contributed by atoms with van der Waals surface area (Å²) in [5.74, 6) is -0.206. The van der Waals surface area contributed by atoms with Crippen LogP contribution in [0.25, 0.3) is 11.3 Å². The van der Waals surface area contributed by atoms with Gasteiger partial charge >= 0.3 is 5.97 Å². The van der Waals surface area contributed by atoms with E-state index in [2.05, 4.69) is 5.16 Å². The van der Waals surface area contributed by atoms with E-state index in [-0.39, 0.29) is 27.6 Å². The second-order valence-corrected chi connectivity index (χ2v) is 5.53. The number of nitrogens with zero attached hydrogens (tertiary/aromatic N) is 1. The van der Waals surface area contributed by atoms with Crippen molar-refractivity contribution in [1.82, 2.24) is 5.16 Å². The van der Waals surface area contributed by atoms with E-state index in [1.807, 2.05) is 0 Å². The summed E-state index contributed by atoms with van der Waals surface area (Å²) in [5, 5.41) is 3.89. The molecule has 0 bridgehead atoms. The van der Waals surface area contributed by atoms with Gasteiger partial charge in [0, 0.05) is 0 Å². The molecule has 0 aliphatic heterocycles. The van der Waals surface area contributed by atoms with Gasteiger partial charge in [-0.15, -0.1) is 0 Å². The van der Waals surface area contributed by atoms with Gasteiger partial charge in [0.1, 0.15) is 34.3 Å². The lowest BCUT2D eigenvalue weighted by molar-refractivity contribution is 0.0733. The molecular weight excluding hydrogens is 349 g/mol. The Bertz CT molecular complexity index is 901. The highest BCUT2D eigenvalue weighted by Crippen LogP contribution is 2.34. The summed E-state index contributed by atoms with van der Waals surface area (Å²) in [7, 11) is 1.53. The molecule has 0 aliphatic carbocycles. The van der Waals surface area contributed by atoms with Crippen molar-refractivity contribution in [3.8, 4) is 22.8 Å². The number of rotatable bonds is 4. The fourth-order valence-electron chi connectivity index (χ4n) is 2.31. The van der Waals surface area contributed by atoms with E-state index in [0.717, 1.165) is 0 Å². The van der Waals surface area contributed by atoms with Crippen LogP contribution in [-0.4, -0.2) is 18.2 Å². The van der Waals surface area contributed by atoms with Crippen molar-refractivity contribution in [2.45, 2.75) is 6.92 Å². The van der Waals surface area contributed by atoms with Crippen molar-refractivity contribution >= 4 is 17.6 Å². The van der Waals surface area contributed by atoms with Gasteiger partial charge in [-0.05, 0) is 43.3 Å². The number of hydrogen-bond acceptors (Lipinski definition) is 5. The first-order valence-electron chi connectivity index (χ1n) is 7.28. The maximum atomic E-state index is 14.2. The Morgan fingerprint density at radius 2 is 1.84 bits per heavy atom. The summed E-state index contributed by atoms with van der Waals surface area (Å²) in [4.78, 5) is 12.5. The highest BCUT2D eigenvalue weighted by atomic mass is 35.5. The molecule has 25 heavy (non-hydrogen) atoms. The lowest BCUT2D eigenvalue weighted by atomic mass is 10.1.